The van der Waals surface area contributed by atoms with Crippen LogP contribution in [-0.4, -0.2) is 13.6 Å². The standard InChI is InChI=1S/C13H29N/c1-8-12(5,9-2)13(6,10-14-7)11(3)4/h11,14H,8-10H2,1-7H3. The maximum atomic E-state index is 3.36. The average molecular weight is 199 g/mol. The molecule has 0 heterocycles. The van der Waals surface area contributed by atoms with Crippen LogP contribution < -0.4 is 5.32 Å². The minimum absolute atomic E-state index is 0.394. The Morgan fingerprint density at radius 2 is 1.50 bits per heavy atom. The van der Waals surface area contributed by atoms with Crippen molar-refractivity contribution in [2.45, 2.75) is 54.4 Å². The second-order valence-electron chi connectivity index (χ2n) is 5.37. The third-order valence-corrected chi connectivity index (χ3v) is 4.76. The molecule has 0 bridgehead atoms. The Balaban J connectivity index is 4.95. The largest absolute Gasteiger partial charge is 0.319 e. The lowest BCUT2D eigenvalue weighted by Crippen LogP contribution is -2.47. The van der Waals surface area contributed by atoms with Crippen LogP contribution in [0.3, 0.4) is 0 Å². The fraction of sp³-hybridized carbons (Fsp3) is 1.00. The SMILES string of the molecule is CCC(C)(CC)C(C)(CNC)C(C)C. The first-order valence-corrected chi connectivity index (χ1v) is 6.02. The maximum Gasteiger partial charge on any atom is 0.000982 e. The van der Waals surface area contributed by atoms with Crippen molar-refractivity contribution >= 4 is 0 Å². The summed E-state index contributed by atoms with van der Waals surface area (Å²) in [4.78, 5) is 0. The summed E-state index contributed by atoms with van der Waals surface area (Å²) in [6, 6.07) is 0. The molecule has 1 atom stereocenters. The molecule has 0 aromatic heterocycles. The molecule has 86 valence electrons. The second kappa shape index (κ2) is 5.16. The van der Waals surface area contributed by atoms with E-state index in [9.17, 15) is 0 Å². The van der Waals surface area contributed by atoms with Crippen LogP contribution in [0.5, 0.6) is 0 Å². The van der Waals surface area contributed by atoms with Gasteiger partial charge in [0.05, 0.1) is 0 Å². The molecule has 0 aliphatic rings. The summed E-state index contributed by atoms with van der Waals surface area (Å²) in [5.74, 6) is 0.722. The molecule has 0 aliphatic heterocycles. The smallest absolute Gasteiger partial charge is 0.000982 e. The zero-order valence-electron chi connectivity index (χ0n) is 11.2. The highest BCUT2D eigenvalue weighted by molar-refractivity contribution is 4.94. The first-order chi connectivity index (χ1) is 6.38. The highest BCUT2D eigenvalue weighted by atomic mass is 14.8. The molecule has 0 radical (unpaired) electrons. The van der Waals surface area contributed by atoms with E-state index in [0.29, 0.717) is 10.8 Å². The number of nitrogens with one attached hydrogen (secondary N) is 1. The van der Waals surface area contributed by atoms with E-state index in [4.69, 9.17) is 0 Å². The van der Waals surface area contributed by atoms with Crippen molar-refractivity contribution in [2.24, 2.45) is 16.7 Å². The molecular weight excluding hydrogens is 170 g/mol. The van der Waals surface area contributed by atoms with Gasteiger partial charge in [0, 0.05) is 6.54 Å². The van der Waals surface area contributed by atoms with Gasteiger partial charge in [-0.25, -0.2) is 0 Å². The molecule has 0 aromatic rings. The van der Waals surface area contributed by atoms with Crippen LogP contribution in [0.2, 0.25) is 0 Å². The van der Waals surface area contributed by atoms with Gasteiger partial charge in [0.15, 0.2) is 0 Å². The monoisotopic (exact) mass is 199 g/mol. The van der Waals surface area contributed by atoms with E-state index in [0.717, 1.165) is 12.5 Å². The molecule has 1 unspecified atom stereocenters. The van der Waals surface area contributed by atoms with Crippen LogP contribution in [0.15, 0.2) is 0 Å². The van der Waals surface area contributed by atoms with Crippen LogP contribution in [0.4, 0.5) is 0 Å². The van der Waals surface area contributed by atoms with Crippen molar-refractivity contribution < 1.29 is 0 Å². The second-order valence-corrected chi connectivity index (χ2v) is 5.37. The minimum Gasteiger partial charge on any atom is -0.319 e. The average Bonchev–Trinajstić information content (AvgIpc) is 2.16. The Hall–Kier alpha value is -0.0400. The van der Waals surface area contributed by atoms with E-state index >= 15 is 0 Å². The zero-order chi connectivity index (χ0) is 11.4. The third-order valence-electron chi connectivity index (χ3n) is 4.76. The van der Waals surface area contributed by atoms with Gasteiger partial charge >= 0.3 is 0 Å². The normalized spacial score (nSPS) is 17.1. The summed E-state index contributed by atoms with van der Waals surface area (Å²) in [5.41, 5.74) is 0.843. The maximum absolute atomic E-state index is 3.36. The summed E-state index contributed by atoms with van der Waals surface area (Å²) in [5, 5.41) is 3.36. The van der Waals surface area contributed by atoms with Crippen molar-refractivity contribution in [2.75, 3.05) is 13.6 Å². The highest BCUT2D eigenvalue weighted by Gasteiger charge is 2.43. The van der Waals surface area contributed by atoms with Crippen LogP contribution in [-0.2, 0) is 0 Å². The summed E-state index contributed by atoms with van der Waals surface area (Å²) < 4.78 is 0. The molecule has 0 saturated carbocycles. The third kappa shape index (κ3) is 2.31. The number of hydrogen-bond acceptors (Lipinski definition) is 1. The number of hydrogen-bond donors (Lipinski definition) is 1. The van der Waals surface area contributed by atoms with E-state index in [1.54, 1.807) is 0 Å². The van der Waals surface area contributed by atoms with E-state index in [2.05, 4.69) is 53.9 Å². The van der Waals surface area contributed by atoms with Gasteiger partial charge in [-0.3, -0.25) is 0 Å². The number of rotatable bonds is 6. The molecule has 14 heavy (non-hydrogen) atoms. The van der Waals surface area contributed by atoms with Crippen LogP contribution in [0, 0.1) is 16.7 Å². The van der Waals surface area contributed by atoms with E-state index in [-0.39, 0.29) is 0 Å². The van der Waals surface area contributed by atoms with Crippen LogP contribution in [0.25, 0.3) is 0 Å². The molecule has 0 aliphatic carbocycles. The molecule has 1 N–H and O–H groups in total. The molecule has 0 saturated heterocycles. The van der Waals surface area contributed by atoms with E-state index in [1.807, 2.05) is 0 Å². The van der Waals surface area contributed by atoms with Crippen molar-refractivity contribution in [1.82, 2.24) is 5.32 Å². The predicted octanol–water partition coefficient (Wildman–Crippen LogP) is 3.69. The van der Waals surface area contributed by atoms with Gasteiger partial charge in [-0.15, -0.1) is 0 Å². The predicted molar refractivity (Wildman–Crippen MR) is 65.6 cm³/mol. The molecule has 0 fully saturated rings. The fourth-order valence-electron chi connectivity index (χ4n) is 2.54. The minimum atomic E-state index is 0.394. The molecule has 1 nitrogen and oxygen atoms in total. The Labute approximate surface area is 90.7 Å². The topological polar surface area (TPSA) is 12.0 Å². The van der Waals surface area contributed by atoms with Crippen molar-refractivity contribution in [3.63, 3.8) is 0 Å². The molecule has 0 amide bonds. The molecule has 1 heteroatoms. The van der Waals surface area contributed by atoms with Gasteiger partial charge in [-0.2, -0.15) is 0 Å². The summed E-state index contributed by atoms with van der Waals surface area (Å²) in [6.45, 7) is 15.3. The Kier molecular flexibility index (Phi) is 5.14. The van der Waals surface area contributed by atoms with Gasteiger partial charge in [0.25, 0.3) is 0 Å². The first-order valence-electron chi connectivity index (χ1n) is 6.02. The highest BCUT2D eigenvalue weighted by Crippen LogP contribution is 2.48. The zero-order valence-corrected chi connectivity index (χ0v) is 11.2. The van der Waals surface area contributed by atoms with E-state index < -0.39 is 0 Å². The van der Waals surface area contributed by atoms with Crippen LogP contribution >= 0.6 is 0 Å². The molecule has 0 spiro atoms. The summed E-state index contributed by atoms with van der Waals surface area (Å²) >= 11 is 0. The molecular formula is C13H29N. The Morgan fingerprint density at radius 3 is 1.71 bits per heavy atom. The van der Waals surface area contributed by atoms with E-state index in [1.165, 1.54) is 12.8 Å². The fourth-order valence-corrected chi connectivity index (χ4v) is 2.54. The van der Waals surface area contributed by atoms with Gasteiger partial charge in [0.1, 0.15) is 0 Å². The van der Waals surface area contributed by atoms with Gasteiger partial charge < -0.3 is 5.32 Å². The molecule has 0 aromatic carbocycles. The Bertz CT molecular complexity index is 159. The lowest BCUT2D eigenvalue weighted by atomic mass is 9.57. The lowest BCUT2D eigenvalue weighted by Gasteiger charge is -2.49. The van der Waals surface area contributed by atoms with Crippen molar-refractivity contribution in [3.8, 4) is 0 Å². The van der Waals surface area contributed by atoms with Crippen molar-refractivity contribution in [3.05, 3.63) is 0 Å². The van der Waals surface area contributed by atoms with Crippen molar-refractivity contribution in [1.29, 1.82) is 0 Å². The lowest BCUT2D eigenvalue weighted by molar-refractivity contribution is 0.0142. The summed E-state index contributed by atoms with van der Waals surface area (Å²) in [7, 11) is 2.06. The first kappa shape index (κ1) is 14.0. The van der Waals surface area contributed by atoms with Crippen LogP contribution in [0.1, 0.15) is 54.4 Å². The van der Waals surface area contributed by atoms with Gasteiger partial charge in [-0.1, -0.05) is 54.4 Å². The summed E-state index contributed by atoms with van der Waals surface area (Å²) in [6.07, 6.45) is 2.53. The molecule has 0 rings (SSSR count). The quantitative estimate of drug-likeness (QED) is 0.688. The van der Waals surface area contributed by atoms with Gasteiger partial charge in [-0.05, 0) is 23.8 Å². The van der Waals surface area contributed by atoms with Gasteiger partial charge in [0.2, 0.25) is 0 Å². The Morgan fingerprint density at radius 1 is 1.07 bits per heavy atom.